The van der Waals surface area contributed by atoms with Gasteiger partial charge in [-0.05, 0) is 0 Å². The molecule has 1 aromatic rings. The van der Waals surface area contributed by atoms with Crippen LogP contribution in [-0.4, -0.2) is 34.4 Å². The van der Waals surface area contributed by atoms with E-state index in [1.807, 2.05) is 11.9 Å². The summed E-state index contributed by atoms with van der Waals surface area (Å²) in [5, 5.41) is 3.97. The Morgan fingerprint density at radius 2 is 2.42 bits per heavy atom. The Labute approximate surface area is 68.5 Å². The molecule has 0 atom stereocenters. The van der Waals surface area contributed by atoms with E-state index in [-0.39, 0.29) is 5.95 Å². The summed E-state index contributed by atoms with van der Waals surface area (Å²) >= 11 is 0. The average molecular weight is 165 g/mol. The topological polar surface area (TPSA) is 63.4 Å². The lowest BCUT2D eigenvalue weighted by Gasteiger charge is -2.04. The van der Waals surface area contributed by atoms with Crippen molar-refractivity contribution in [2.24, 2.45) is 4.99 Å². The molecule has 12 heavy (non-hydrogen) atoms. The molecule has 0 saturated carbocycles. The summed E-state index contributed by atoms with van der Waals surface area (Å²) in [4.78, 5) is 19.2. The van der Waals surface area contributed by atoms with E-state index in [1.54, 1.807) is 4.68 Å². The molecule has 0 N–H and O–H groups in total. The summed E-state index contributed by atoms with van der Waals surface area (Å²) in [5.74, 6) is 0.940. The van der Waals surface area contributed by atoms with Gasteiger partial charge in [0.15, 0.2) is 0 Å². The molecule has 1 aromatic heterocycles. The maximum atomic E-state index is 9.89. The predicted octanol–water partition coefficient (Wildman–Crippen LogP) is -0.305. The molecule has 6 nitrogen and oxygen atoms in total. The van der Waals surface area contributed by atoms with Crippen LogP contribution < -0.4 is 4.90 Å². The Kier molecular flexibility index (Phi) is 1.41. The Bertz CT molecular complexity index is 351. The monoisotopic (exact) mass is 165 g/mol. The molecule has 1 aliphatic rings. The van der Waals surface area contributed by atoms with Crippen molar-refractivity contribution in [3.63, 3.8) is 0 Å². The van der Waals surface area contributed by atoms with Gasteiger partial charge in [-0.25, -0.2) is 9.48 Å². The molecule has 0 spiro atoms. The van der Waals surface area contributed by atoms with Crippen LogP contribution in [0.5, 0.6) is 0 Å². The number of anilines is 1. The molecule has 0 unspecified atom stereocenters. The van der Waals surface area contributed by atoms with Crippen molar-refractivity contribution in [2.45, 2.75) is 6.54 Å². The minimum atomic E-state index is 0.187. The summed E-state index contributed by atoms with van der Waals surface area (Å²) in [5.41, 5.74) is 0. The third-order valence-corrected chi connectivity index (χ3v) is 1.78. The Hall–Kier alpha value is -1.68. The van der Waals surface area contributed by atoms with Crippen LogP contribution in [0.25, 0.3) is 0 Å². The summed E-state index contributed by atoms with van der Waals surface area (Å²) in [6, 6.07) is 0. The number of aromatic nitrogens is 3. The molecule has 2 heterocycles. The number of aliphatic imine (C=N–C) groups is 1. The van der Waals surface area contributed by atoms with Gasteiger partial charge in [0, 0.05) is 13.6 Å². The minimum absolute atomic E-state index is 0.187. The van der Waals surface area contributed by atoms with E-state index in [1.165, 1.54) is 6.08 Å². The summed E-state index contributed by atoms with van der Waals surface area (Å²) in [6.07, 6.45) is 1.41. The van der Waals surface area contributed by atoms with Crippen LogP contribution in [0.2, 0.25) is 0 Å². The molecule has 0 fully saturated rings. The van der Waals surface area contributed by atoms with E-state index in [0.29, 0.717) is 0 Å². The van der Waals surface area contributed by atoms with Crippen molar-refractivity contribution >= 4 is 18.0 Å². The maximum Gasteiger partial charge on any atom is 0.281 e. The van der Waals surface area contributed by atoms with E-state index in [0.717, 1.165) is 19.0 Å². The SMILES string of the molecule is CN1CCn2nc(N=C=O)nc21. The van der Waals surface area contributed by atoms with E-state index in [4.69, 9.17) is 0 Å². The molecular formula is C6H7N5O. The van der Waals surface area contributed by atoms with Crippen molar-refractivity contribution in [1.29, 1.82) is 0 Å². The molecular weight excluding hydrogens is 158 g/mol. The van der Waals surface area contributed by atoms with Gasteiger partial charge in [-0.1, -0.05) is 0 Å². The minimum Gasteiger partial charge on any atom is -0.342 e. The molecule has 0 bridgehead atoms. The summed E-state index contributed by atoms with van der Waals surface area (Å²) < 4.78 is 1.72. The van der Waals surface area contributed by atoms with Gasteiger partial charge in [0.2, 0.25) is 12.0 Å². The standard InChI is InChI=1S/C6H7N5O/c1-10-2-3-11-6(10)8-5(9-11)7-4-12/h2-3H2,1H3. The van der Waals surface area contributed by atoms with Crippen molar-refractivity contribution in [2.75, 3.05) is 18.5 Å². The molecule has 0 amide bonds. The highest BCUT2D eigenvalue weighted by atomic mass is 16.1. The zero-order valence-electron chi connectivity index (χ0n) is 6.56. The van der Waals surface area contributed by atoms with Crippen LogP contribution in [-0.2, 0) is 11.3 Å². The van der Waals surface area contributed by atoms with Gasteiger partial charge >= 0.3 is 0 Å². The highest BCUT2D eigenvalue weighted by Crippen LogP contribution is 2.18. The number of hydrogen-bond donors (Lipinski definition) is 0. The third kappa shape index (κ3) is 0.895. The van der Waals surface area contributed by atoms with Crippen molar-refractivity contribution in [3.05, 3.63) is 0 Å². The Morgan fingerprint density at radius 1 is 1.58 bits per heavy atom. The fraction of sp³-hybridized carbons (Fsp3) is 0.500. The van der Waals surface area contributed by atoms with Crippen LogP contribution in [0, 0.1) is 0 Å². The molecule has 0 aliphatic carbocycles. The number of rotatable bonds is 1. The van der Waals surface area contributed by atoms with Crippen molar-refractivity contribution < 1.29 is 4.79 Å². The lowest BCUT2D eigenvalue weighted by molar-refractivity contribution is 0.565. The lowest BCUT2D eigenvalue weighted by Crippen LogP contribution is -2.13. The molecule has 0 saturated heterocycles. The maximum absolute atomic E-state index is 9.89. The molecule has 1 aliphatic heterocycles. The number of fused-ring (bicyclic) bond motifs is 1. The van der Waals surface area contributed by atoms with E-state index in [2.05, 4.69) is 15.1 Å². The van der Waals surface area contributed by atoms with E-state index in [9.17, 15) is 4.79 Å². The summed E-state index contributed by atoms with van der Waals surface area (Å²) in [6.45, 7) is 1.70. The largest absolute Gasteiger partial charge is 0.342 e. The first-order valence-corrected chi connectivity index (χ1v) is 3.55. The smallest absolute Gasteiger partial charge is 0.281 e. The number of hydrogen-bond acceptors (Lipinski definition) is 5. The first-order chi connectivity index (χ1) is 5.81. The molecule has 62 valence electrons. The highest BCUT2D eigenvalue weighted by Gasteiger charge is 2.19. The summed E-state index contributed by atoms with van der Waals surface area (Å²) in [7, 11) is 1.92. The van der Waals surface area contributed by atoms with Crippen molar-refractivity contribution in [3.8, 4) is 0 Å². The third-order valence-electron chi connectivity index (χ3n) is 1.78. The van der Waals surface area contributed by atoms with E-state index < -0.39 is 0 Å². The van der Waals surface area contributed by atoms with Crippen LogP contribution in [0.1, 0.15) is 0 Å². The Balaban J connectivity index is 2.42. The second-order valence-electron chi connectivity index (χ2n) is 2.56. The van der Waals surface area contributed by atoms with Crippen LogP contribution in [0.3, 0.4) is 0 Å². The van der Waals surface area contributed by atoms with Gasteiger partial charge in [0.1, 0.15) is 0 Å². The zero-order chi connectivity index (χ0) is 8.55. The van der Waals surface area contributed by atoms with Gasteiger partial charge in [0.05, 0.1) is 6.54 Å². The molecule has 0 aromatic carbocycles. The number of isocyanates is 1. The quantitative estimate of drug-likeness (QED) is 0.423. The van der Waals surface area contributed by atoms with Crippen LogP contribution in [0.4, 0.5) is 11.9 Å². The van der Waals surface area contributed by atoms with Crippen LogP contribution >= 0.6 is 0 Å². The number of nitrogens with zero attached hydrogens (tertiary/aromatic N) is 5. The normalized spacial score (nSPS) is 14.2. The Morgan fingerprint density at radius 3 is 3.08 bits per heavy atom. The van der Waals surface area contributed by atoms with Crippen molar-refractivity contribution in [1.82, 2.24) is 14.8 Å². The highest BCUT2D eigenvalue weighted by molar-refractivity contribution is 5.44. The number of likely N-dealkylation sites (N-methyl/N-ethyl adjacent to an activating group) is 1. The second-order valence-corrected chi connectivity index (χ2v) is 2.56. The molecule has 2 rings (SSSR count). The number of carbonyl (C=O) groups excluding carboxylic acids is 1. The van der Waals surface area contributed by atoms with Gasteiger partial charge in [-0.15, -0.1) is 10.1 Å². The lowest BCUT2D eigenvalue weighted by atomic mass is 10.6. The molecule has 0 radical (unpaired) electrons. The first-order valence-electron chi connectivity index (χ1n) is 3.55. The zero-order valence-corrected chi connectivity index (χ0v) is 6.56. The fourth-order valence-corrected chi connectivity index (χ4v) is 1.19. The van der Waals surface area contributed by atoms with Gasteiger partial charge in [-0.2, -0.15) is 4.98 Å². The molecule has 6 heteroatoms. The second kappa shape index (κ2) is 2.42. The van der Waals surface area contributed by atoms with Gasteiger partial charge in [0.25, 0.3) is 5.95 Å². The predicted molar refractivity (Wildman–Crippen MR) is 41.1 cm³/mol. The van der Waals surface area contributed by atoms with Gasteiger partial charge < -0.3 is 4.90 Å². The van der Waals surface area contributed by atoms with Gasteiger partial charge in [-0.3, -0.25) is 0 Å². The first kappa shape index (κ1) is 7.00. The van der Waals surface area contributed by atoms with Crippen LogP contribution in [0.15, 0.2) is 4.99 Å². The fourth-order valence-electron chi connectivity index (χ4n) is 1.19. The van der Waals surface area contributed by atoms with E-state index >= 15 is 0 Å². The average Bonchev–Trinajstić information content (AvgIpc) is 2.55.